The van der Waals surface area contributed by atoms with E-state index in [0.717, 1.165) is 6.42 Å². The average molecular weight is 277 g/mol. The first-order valence-electron chi connectivity index (χ1n) is 6.77. The molecule has 1 aliphatic rings. The molecule has 0 spiro atoms. The van der Waals surface area contributed by atoms with Crippen molar-refractivity contribution in [3.8, 4) is 0 Å². The van der Waals surface area contributed by atoms with E-state index >= 15 is 0 Å². The van der Waals surface area contributed by atoms with Gasteiger partial charge in [0.1, 0.15) is 12.6 Å². The lowest BCUT2D eigenvalue weighted by Gasteiger charge is -2.36. The summed E-state index contributed by atoms with van der Waals surface area (Å²) in [7, 11) is 0. The van der Waals surface area contributed by atoms with Crippen LogP contribution in [-0.2, 0) is 9.59 Å². The molecule has 0 bridgehead atoms. The molecule has 0 radical (unpaired) electrons. The normalized spacial score (nSPS) is 23.4. The summed E-state index contributed by atoms with van der Waals surface area (Å²) in [4.78, 5) is 23.6. The van der Waals surface area contributed by atoms with Crippen LogP contribution in [0.2, 0.25) is 0 Å². The zero-order valence-corrected chi connectivity index (χ0v) is 11.2. The molecule has 5 nitrogen and oxygen atoms in total. The highest BCUT2D eigenvalue weighted by Gasteiger charge is 2.29. The third-order valence-corrected chi connectivity index (χ3v) is 3.68. The van der Waals surface area contributed by atoms with Crippen molar-refractivity contribution in [1.29, 1.82) is 0 Å². The largest absolute Gasteiger partial charge is 0.481 e. The minimum absolute atomic E-state index is 0.00891. The number of carboxylic acid groups (broad SMARTS) is 1. The molecular weight excluding hydrogens is 258 g/mol. The average Bonchev–Trinajstić information content (AvgIpc) is 2.41. The molecule has 5 heteroatoms. The van der Waals surface area contributed by atoms with Gasteiger partial charge in [-0.1, -0.05) is 30.3 Å². The summed E-state index contributed by atoms with van der Waals surface area (Å²) in [5, 5.41) is 18.7. The Kier molecular flexibility index (Phi) is 4.87. The number of benzene rings is 1. The van der Waals surface area contributed by atoms with Gasteiger partial charge in [-0.3, -0.25) is 14.5 Å². The smallest absolute Gasteiger partial charge is 0.310 e. The fraction of sp³-hybridized carbons (Fsp3) is 0.467. The minimum atomic E-state index is -1.12. The van der Waals surface area contributed by atoms with Crippen LogP contribution >= 0.6 is 0 Å². The SMILES string of the molecule is O=C(O)CC(=O)CN1CCC(c2ccccc2)CC1O. The molecule has 1 saturated heterocycles. The molecular formula is C15H19NO4. The van der Waals surface area contributed by atoms with E-state index in [0.29, 0.717) is 13.0 Å². The number of rotatable bonds is 5. The van der Waals surface area contributed by atoms with Crippen molar-refractivity contribution in [2.75, 3.05) is 13.1 Å². The first kappa shape index (κ1) is 14.7. The second-order valence-corrected chi connectivity index (χ2v) is 5.19. The molecule has 1 aromatic rings. The molecule has 2 atom stereocenters. The number of piperidine rings is 1. The molecule has 1 aliphatic heterocycles. The summed E-state index contributed by atoms with van der Waals surface area (Å²) >= 11 is 0. The Labute approximate surface area is 117 Å². The Balaban J connectivity index is 1.89. The van der Waals surface area contributed by atoms with Gasteiger partial charge in [-0.25, -0.2) is 0 Å². The number of aliphatic hydroxyl groups is 1. The summed E-state index contributed by atoms with van der Waals surface area (Å²) in [6.45, 7) is 0.612. The molecule has 0 aromatic heterocycles. The van der Waals surface area contributed by atoms with E-state index in [-0.39, 0.29) is 18.2 Å². The van der Waals surface area contributed by atoms with Gasteiger partial charge in [0.2, 0.25) is 0 Å². The second kappa shape index (κ2) is 6.63. The molecule has 108 valence electrons. The van der Waals surface area contributed by atoms with Crippen LogP contribution in [0.25, 0.3) is 0 Å². The van der Waals surface area contributed by atoms with Gasteiger partial charge in [0.05, 0.1) is 6.54 Å². The van der Waals surface area contributed by atoms with Gasteiger partial charge >= 0.3 is 5.97 Å². The standard InChI is InChI=1S/C15H19NO4/c17-13(9-15(19)20)10-16-7-6-12(8-14(16)18)11-4-2-1-3-5-11/h1-5,12,14,18H,6-10H2,(H,19,20). The van der Waals surface area contributed by atoms with Gasteiger partial charge < -0.3 is 10.2 Å². The van der Waals surface area contributed by atoms with Gasteiger partial charge in [0.15, 0.2) is 5.78 Å². The molecule has 1 fully saturated rings. The van der Waals surface area contributed by atoms with Crippen molar-refractivity contribution in [2.24, 2.45) is 0 Å². The maximum Gasteiger partial charge on any atom is 0.310 e. The number of hydrogen-bond donors (Lipinski definition) is 2. The van der Waals surface area contributed by atoms with E-state index in [1.165, 1.54) is 5.56 Å². The van der Waals surface area contributed by atoms with Crippen molar-refractivity contribution in [1.82, 2.24) is 4.90 Å². The van der Waals surface area contributed by atoms with Crippen LogP contribution in [0.3, 0.4) is 0 Å². The summed E-state index contributed by atoms with van der Waals surface area (Å²) in [6.07, 6.45) is 0.267. The number of carbonyl (C=O) groups excluding carboxylic acids is 1. The number of Topliss-reactive ketones (excluding diaryl/α,β-unsaturated/α-hetero) is 1. The Morgan fingerprint density at radius 1 is 1.25 bits per heavy atom. The van der Waals surface area contributed by atoms with E-state index in [2.05, 4.69) is 0 Å². The number of likely N-dealkylation sites (tertiary alicyclic amines) is 1. The molecule has 1 aromatic carbocycles. The Hall–Kier alpha value is -1.72. The maximum atomic E-state index is 11.5. The molecule has 0 amide bonds. The molecule has 2 N–H and O–H groups in total. The van der Waals surface area contributed by atoms with Gasteiger partial charge in [0.25, 0.3) is 0 Å². The topological polar surface area (TPSA) is 77.8 Å². The Morgan fingerprint density at radius 2 is 1.95 bits per heavy atom. The lowest BCUT2D eigenvalue weighted by Crippen LogP contribution is -2.44. The van der Waals surface area contributed by atoms with Gasteiger partial charge in [-0.05, 0) is 24.3 Å². The van der Waals surface area contributed by atoms with Crippen LogP contribution in [-0.4, -0.2) is 46.2 Å². The highest BCUT2D eigenvalue weighted by Crippen LogP contribution is 2.30. The second-order valence-electron chi connectivity index (χ2n) is 5.19. The number of hydrogen-bond acceptors (Lipinski definition) is 4. The molecule has 0 aliphatic carbocycles. The third kappa shape index (κ3) is 3.88. The van der Waals surface area contributed by atoms with E-state index in [4.69, 9.17) is 5.11 Å². The Morgan fingerprint density at radius 3 is 2.55 bits per heavy atom. The van der Waals surface area contributed by atoms with E-state index in [9.17, 15) is 14.7 Å². The molecule has 2 rings (SSSR count). The molecule has 0 saturated carbocycles. The molecule has 1 heterocycles. The van der Waals surface area contributed by atoms with Gasteiger partial charge in [-0.15, -0.1) is 0 Å². The van der Waals surface area contributed by atoms with E-state index < -0.39 is 18.6 Å². The third-order valence-electron chi connectivity index (χ3n) is 3.68. The first-order valence-corrected chi connectivity index (χ1v) is 6.77. The predicted molar refractivity (Wildman–Crippen MR) is 73.3 cm³/mol. The lowest BCUT2D eigenvalue weighted by atomic mass is 9.88. The lowest BCUT2D eigenvalue weighted by molar-refractivity contribution is -0.141. The molecule has 20 heavy (non-hydrogen) atoms. The van der Waals surface area contributed by atoms with Crippen molar-refractivity contribution in [3.63, 3.8) is 0 Å². The highest BCUT2D eigenvalue weighted by molar-refractivity contribution is 5.95. The van der Waals surface area contributed by atoms with Gasteiger partial charge in [0, 0.05) is 6.54 Å². The van der Waals surface area contributed by atoms with Crippen molar-refractivity contribution >= 4 is 11.8 Å². The summed E-state index contributed by atoms with van der Waals surface area (Å²) in [5.41, 5.74) is 1.20. The van der Waals surface area contributed by atoms with E-state index in [1.54, 1.807) is 4.90 Å². The van der Waals surface area contributed by atoms with Gasteiger partial charge in [-0.2, -0.15) is 0 Å². The minimum Gasteiger partial charge on any atom is -0.481 e. The predicted octanol–water partition coefficient (Wildman–Crippen LogP) is 1.23. The van der Waals surface area contributed by atoms with Crippen LogP contribution in [0.1, 0.15) is 30.7 Å². The van der Waals surface area contributed by atoms with Crippen molar-refractivity contribution < 1.29 is 19.8 Å². The highest BCUT2D eigenvalue weighted by atomic mass is 16.4. The monoisotopic (exact) mass is 277 g/mol. The number of nitrogens with zero attached hydrogens (tertiary/aromatic N) is 1. The summed E-state index contributed by atoms with van der Waals surface area (Å²) in [6, 6.07) is 10.00. The first-order chi connectivity index (χ1) is 9.56. The van der Waals surface area contributed by atoms with Crippen LogP contribution in [0.4, 0.5) is 0 Å². The number of aliphatic hydroxyl groups excluding tert-OH is 1. The number of ketones is 1. The fourth-order valence-corrected chi connectivity index (χ4v) is 2.66. The van der Waals surface area contributed by atoms with Crippen LogP contribution < -0.4 is 0 Å². The Bertz CT molecular complexity index is 474. The van der Waals surface area contributed by atoms with E-state index in [1.807, 2.05) is 30.3 Å². The van der Waals surface area contributed by atoms with Crippen molar-refractivity contribution in [3.05, 3.63) is 35.9 Å². The number of carboxylic acids is 1. The zero-order valence-electron chi connectivity index (χ0n) is 11.2. The quantitative estimate of drug-likeness (QED) is 0.791. The number of aliphatic carboxylic acids is 1. The summed E-state index contributed by atoms with van der Waals surface area (Å²) < 4.78 is 0. The van der Waals surface area contributed by atoms with Crippen LogP contribution in [0.15, 0.2) is 30.3 Å². The summed E-state index contributed by atoms with van der Waals surface area (Å²) in [5.74, 6) is -1.20. The molecule has 2 unspecified atom stereocenters. The van der Waals surface area contributed by atoms with Crippen LogP contribution in [0, 0.1) is 0 Å². The van der Waals surface area contributed by atoms with Crippen molar-refractivity contribution in [2.45, 2.75) is 31.4 Å². The maximum absolute atomic E-state index is 11.5. The number of carbonyl (C=O) groups is 2. The fourth-order valence-electron chi connectivity index (χ4n) is 2.66. The zero-order chi connectivity index (χ0) is 14.5. The van der Waals surface area contributed by atoms with Crippen LogP contribution in [0.5, 0.6) is 0 Å².